The highest BCUT2D eigenvalue weighted by Crippen LogP contribution is 2.43. The summed E-state index contributed by atoms with van der Waals surface area (Å²) in [6.07, 6.45) is 54.1. The number of unbranched alkanes of at least 4 members (excludes halogenated alkanes) is 35. The summed E-state index contributed by atoms with van der Waals surface area (Å²) in [6.45, 7) is 5.67. The largest absolute Gasteiger partial charge is 0.472 e. The number of carbonyl (C=O) groups is 1. The summed E-state index contributed by atoms with van der Waals surface area (Å²) in [6, 6.07) is 0. The number of allylic oxidation sites excluding steroid dienone is 2. The van der Waals surface area contributed by atoms with Gasteiger partial charge in [0.2, 0.25) is 0 Å². The lowest BCUT2D eigenvalue weighted by molar-refractivity contribution is -0.870. The summed E-state index contributed by atoms with van der Waals surface area (Å²) < 4.78 is 35.2. The number of phosphoric ester groups is 1. The van der Waals surface area contributed by atoms with E-state index in [0.717, 1.165) is 38.5 Å². The first kappa shape index (κ1) is 61.2. The number of esters is 1. The van der Waals surface area contributed by atoms with Gasteiger partial charge < -0.3 is 18.9 Å². The fourth-order valence-corrected chi connectivity index (χ4v) is 8.65. The van der Waals surface area contributed by atoms with E-state index in [-0.39, 0.29) is 25.8 Å². The molecule has 0 bridgehead atoms. The normalized spacial score (nSPS) is 13.6. The molecule has 0 amide bonds. The molecular weight excluding hydrogens is 794 g/mol. The first-order valence-corrected chi connectivity index (χ1v) is 28.4. The molecule has 0 aromatic rings. The van der Waals surface area contributed by atoms with Crippen molar-refractivity contribution in [1.82, 2.24) is 0 Å². The molecule has 0 saturated heterocycles. The highest BCUT2D eigenvalue weighted by atomic mass is 31.2. The number of hydrogen-bond acceptors (Lipinski definition) is 6. The van der Waals surface area contributed by atoms with Gasteiger partial charge in [-0.3, -0.25) is 13.8 Å². The van der Waals surface area contributed by atoms with Gasteiger partial charge in [0.05, 0.1) is 34.4 Å². The number of nitrogens with zero attached hydrogens (tertiary/aromatic N) is 1. The summed E-state index contributed by atoms with van der Waals surface area (Å²) in [5.41, 5.74) is 0. The molecular formula is C53H107NO7P+. The molecule has 62 heavy (non-hydrogen) atoms. The molecule has 370 valence electrons. The fourth-order valence-electron chi connectivity index (χ4n) is 7.90. The van der Waals surface area contributed by atoms with Crippen LogP contribution in [0.1, 0.15) is 264 Å². The van der Waals surface area contributed by atoms with Crippen LogP contribution in [-0.2, 0) is 27.9 Å². The van der Waals surface area contributed by atoms with Crippen LogP contribution in [0.25, 0.3) is 0 Å². The topological polar surface area (TPSA) is 91.3 Å². The van der Waals surface area contributed by atoms with Crippen LogP contribution in [0.5, 0.6) is 0 Å². The van der Waals surface area contributed by atoms with Crippen molar-refractivity contribution in [2.24, 2.45) is 0 Å². The maximum absolute atomic E-state index is 12.7. The highest BCUT2D eigenvalue weighted by Gasteiger charge is 2.26. The SMILES string of the molecule is CCCCCCCCC/C=C\CCCCCCCC(=O)OC(COCCCCCCCCCCCCCCCCCCCCCCCCCC)COP(=O)(O)OCC[N+](C)(C)C. The zero-order chi connectivity index (χ0) is 45.5. The van der Waals surface area contributed by atoms with Gasteiger partial charge in [0.25, 0.3) is 0 Å². The van der Waals surface area contributed by atoms with E-state index in [1.807, 2.05) is 21.1 Å². The highest BCUT2D eigenvalue weighted by molar-refractivity contribution is 7.47. The van der Waals surface area contributed by atoms with Gasteiger partial charge in [-0.1, -0.05) is 231 Å². The Labute approximate surface area is 386 Å². The summed E-state index contributed by atoms with van der Waals surface area (Å²) in [5.74, 6) is -0.316. The molecule has 0 spiro atoms. The van der Waals surface area contributed by atoms with Crippen LogP contribution in [-0.4, -0.2) is 75.6 Å². The van der Waals surface area contributed by atoms with Gasteiger partial charge in [0, 0.05) is 13.0 Å². The standard InChI is InChI=1S/C53H106NO7P/c1-6-8-10-12-14-16-18-20-22-24-25-26-27-28-29-30-31-33-35-37-39-41-43-45-48-58-50-52(51-60-62(56,57)59-49-47-54(3,4)5)61-53(55)46-44-42-40-38-36-34-32-23-21-19-17-15-13-11-9-7-2/h23,32,52H,6-22,24-31,33-51H2,1-5H3/p+1/b32-23-. The van der Waals surface area contributed by atoms with Crippen molar-refractivity contribution in [3.63, 3.8) is 0 Å². The third-order valence-corrected chi connectivity index (χ3v) is 13.1. The molecule has 2 atom stereocenters. The van der Waals surface area contributed by atoms with E-state index < -0.39 is 13.9 Å². The number of ether oxygens (including phenoxy) is 2. The van der Waals surface area contributed by atoms with Gasteiger partial charge in [-0.2, -0.15) is 0 Å². The molecule has 0 saturated carbocycles. The molecule has 0 fully saturated rings. The maximum Gasteiger partial charge on any atom is 0.472 e. The Kier molecular flexibility index (Phi) is 46.2. The number of quaternary nitrogens is 1. The van der Waals surface area contributed by atoms with Gasteiger partial charge in [0.1, 0.15) is 19.3 Å². The third-order valence-electron chi connectivity index (χ3n) is 12.1. The van der Waals surface area contributed by atoms with Crippen LogP contribution in [0.15, 0.2) is 12.2 Å². The van der Waals surface area contributed by atoms with Crippen LogP contribution < -0.4 is 0 Å². The first-order chi connectivity index (χ1) is 30.1. The number of likely N-dealkylation sites (N-methyl/N-ethyl adjacent to an activating group) is 1. The van der Waals surface area contributed by atoms with Crippen LogP contribution in [0, 0.1) is 0 Å². The van der Waals surface area contributed by atoms with E-state index in [1.54, 1.807) is 0 Å². The fraction of sp³-hybridized carbons (Fsp3) is 0.943. The van der Waals surface area contributed by atoms with Gasteiger partial charge in [-0.05, 0) is 38.5 Å². The van der Waals surface area contributed by atoms with Crippen molar-refractivity contribution in [1.29, 1.82) is 0 Å². The predicted molar refractivity (Wildman–Crippen MR) is 266 cm³/mol. The molecule has 0 rings (SSSR count). The third kappa shape index (κ3) is 50.2. The summed E-state index contributed by atoms with van der Waals surface area (Å²) in [7, 11) is 1.68. The number of rotatable bonds is 51. The molecule has 0 aliphatic carbocycles. The summed E-state index contributed by atoms with van der Waals surface area (Å²) in [5, 5.41) is 0. The zero-order valence-electron chi connectivity index (χ0n) is 42.1. The predicted octanol–water partition coefficient (Wildman–Crippen LogP) is 16.6. The number of hydrogen-bond donors (Lipinski definition) is 1. The van der Waals surface area contributed by atoms with E-state index in [9.17, 15) is 14.3 Å². The number of phosphoric acid groups is 1. The van der Waals surface area contributed by atoms with E-state index in [1.165, 1.54) is 205 Å². The molecule has 0 radical (unpaired) electrons. The smallest absolute Gasteiger partial charge is 0.457 e. The lowest BCUT2D eigenvalue weighted by Gasteiger charge is -2.24. The molecule has 0 aliphatic rings. The zero-order valence-corrected chi connectivity index (χ0v) is 43.0. The Bertz CT molecular complexity index is 1000. The minimum absolute atomic E-state index is 0.0906. The average Bonchev–Trinajstić information content (AvgIpc) is 3.23. The lowest BCUT2D eigenvalue weighted by atomic mass is 10.0. The van der Waals surface area contributed by atoms with Gasteiger partial charge in [0.15, 0.2) is 0 Å². The number of carbonyl (C=O) groups excluding carboxylic acids is 1. The van der Waals surface area contributed by atoms with Crippen LogP contribution >= 0.6 is 7.82 Å². The van der Waals surface area contributed by atoms with E-state index in [2.05, 4.69) is 26.0 Å². The van der Waals surface area contributed by atoms with Crippen LogP contribution in [0.3, 0.4) is 0 Å². The van der Waals surface area contributed by atoms with Gasteiger partial charge >= 0.3 is 13.8 Å². The first-order valence-electron chi connectivity index (χ1n) is 26.9. The van der Waals surface area contributed by atoms with Crippen molar-refractivity contribution >= 4 is 13.8 Å². The van der Waals surface area contributed by atoms with E-state index in [4.69, 9.17) is 18.5 Å². The summed E-state index contributed by atoms with van der Waals surface area (Å²) >= 11 is 0. The van der Waals surface area contributed by atoms with Gasteiger partial charge in [-0.15, -0.1) is 0 Å². The molecule has 0 aromatic carbocycles. The molecule has 0 aliphatic heterocycles. The van der Waals surface area contributed by atoms with Crippen molar-refractivity contribution in [2.75, 3.05) is 54.1 Å². The Morgan fingerprint density at radius 3 is 1.23 bits per heavy atom. The van der Waals surface area contributed by atoms with Crippen molar-refractivity contribution in [2.45, 2.75) is 270 Å². The van der Waals surface area contributed by atoms with E-state index >= 15 is 0 Å². The van der Waals surface area contributed by atoms with Crippen LogP contribution in [0.4, 0.5) is 0 Å². The Hall–Kier alpha value is -0.760. The second-order valence-corrected chi connectivity index (χ2v) is 21.1. The monoisotopic (exact) mass is 901 g/mol. The lowest BCUT2D eigenvalue weighted by Crippen LogP contribution is -2.37. The van der Waals surface area contributed by atoms with Crippen molar-refractivity contribution in [3.8, 4) is 0 Å². The van der Waals surface area contributed by atoms with Crippen molar-refractivity contribution < 1.29 is 37.3 Å². The summed E-state index contributed by atoms with van der Waals surface area (Å²) in [4.78, 5) is 23.0. The Balaban J connectivity index is 4.04. The molecule has 9 heteroatoms. The Morgan fingerprint density at radius 2 is 0.839 bits per heavy atom. The van der Waals surface area contributed by atoms with Crippen molar-refractivity contribution in [3.05, 3.63) is 12.2 Å². The molecule has 8 nitrogen and oxygen atoms in total. The maximum atomic E-state index is 12.7. The minimum atomic E-state index is -4.28. The molecule has 2 unspecified atom stereocenters. The molecule has 0 aromatic heterocycles. The molecule has 1 N–H and O–H groups in total. The Morgan fingerprint density at radius 1 is 0.484 bits per heavy atom. The van der Waals surface area contributed by atoms with E-state index in [0.29, 0.717) is 24.1 Å². The second-order valence-electron chi connectivity index (χ2n) is 19.6. The minimum Gasteiger partial charge on any atom is -0.457 e. The van der Waals surface area contributed by atoms with Gasteiger partial charge in [-0.25, -0.2) is 4.57 Å². The van der Waals surface area contributed by atoms with Crippen LogP contribution in [0.2, 0.25) is 0 Å². The quantitative estimate of drug-likeness (QED) is 0.0214. The second kappa shape index (κ2) is 46.8. The average molecular weight is 901 g/mol. The molecule has 0 heterocycles.